The number of benzene rings is 2. The Balaban J connectivity index is 1.42. The molecule has 0 unspecified atom stereocenters. The molecule has 0 bridgehead atoms. The van der Waals surface area contributed by atoms with Crippen molar-refractivity contribution in [1.82, 2.24) is 18.5 Å². The third-order valence-electron chi connectivity index (χ3n) is 5.85. The molecule has 1 saturated heterocycles. The van der Waals surface area contributed by atoms with Crippen LogP contribution in [0.3, 0.4) is 0 Å². The fourth-order valence-electron chi connectivity index (χ4n) is 3.84. The maximum absolute atomic E-state index is 13.1. The largest absolute Gasteiger partial charge is 0.336 e. The summed E-state index contributed by atoms with van der Waals surface area (Å²) in [5.74, 6) is -0.190. The maximum Gasteiger partial charge on any atom is 0.255 e. The van der Waals surface area contributed by atoms with Gasteiger partial charge in [-0.15, -0.1) is 0 Å². The Bertz CT molecular complexity index is 1370. The van der Waals surface area contributed by atoms with E-state index < -0.39 is 20.0 Å². The smallest absolute Gasteiger partial charge is 0.255 e. The number of carbonyl (C=O) groups excluding carboxylic acids is 1. The molecule has 1 aliphatic rings. The molecule has 1 aromatic heterocycles. The first-order valence-electron chi connectivity index (χ1n) is 11.0. The van der Waals surface area contributed by atoms with Crippen LogP contribution in [-0.4, -0.2) is 74.5 Å². The first-order chi connectivity index (χ1) is 16.7. The molecule has 0 N–H and O–H groups in total. The molecule has 9 nitrogen and oxygen atoms in total. The summed E-state index contributed by atoms with van der Waals surface area (Å²) in [4.78, 5) is 18.2. The summed E-state index contributed by atoms with van der Waals surface area (Å²) >= 11 is 0. The maximum atomic E-state index is 13.1. The number of pyridine rings is 1. The van der Waals surface area contributed by atoms with Crippen LogP contribution in [0.25, 0.3) is 0 Å². The Morgan fingerprint density at radius 1 is 0.857 bits per heavy atom. The van der Waals surface area contributed by atoms with Crippen LogP contribution in [0.5, 0.6) is 0 Å². The molecule has 3 aromatic rings. The van der Waals surface area contributed by atoms with E-state index >= 15 is 0 Å². The summed E-state index contributed by atoms with van der Waals surface area (Å²) in [5, 5.41) is 0. The highest BCUT2D eigenvalue weighted by atomic mass is 32.2. The molecule has 184 valence electrons. The van der Waals surface area contributed by atoms with E-state index in [1.54, 1.807) is 23.2 Å². The Kier molecular flexibility index (Phi) is 7.31. The van der Waals surface area contributed by atoms with Gasteiger partial charge in [-0.1, -0.05) is 30.3 Å². The second-order valence-corrected chi connectivity index (χ2v) is 12.1. The molecule has 2 aromatic carbocycles. The Labute approximate surface area is 205 Å². The zero-order valence-corrected chi connectivity index (χ0v) is 20.8. The van der Waals surface area contributed by atoms with E-state index in [1.165, 1.54) is 46.1 Å². The van der Waals surface area contributed by atoms with Gasteiger partial charge in [0, 0.05) is 52.2 Å². The SMILES string of the molecule is CN(Cc1ccccc1)S(=O)(=O)c1ccc(S(=O)(=O)N2CCN(C(=O)c3cccnc3)CC2)cc1. The predicted octanol–water partition coefficient (Wildman–Crippen LogP) is 2.05. The summed E-state index contributed by atoms with van der Waals surface area (Å²) in [5.41, 5.74) is 1.30. The highest BCUT2D eigenvalue weighted by Gasteiger charge is 2.31. The second kappa shape index (κ2) is 10.2. The van der Waals surface area contributed by atoms with Gasteiger partial charge in [0.1, 0.15) is 0 Å². The van der Waals surface area contributed by atoms with Gasteiger partial charge in [0.2, 0.25) is 20.0 Å². The number of aromatic nitrogens is 1. The van der Waals surface area contributed by atoms with E-state index in [2.05, 4.69) is 4.98 Å². The van der Waals surface area contributed by atoms with Crippen LogP contribution in [0.15, 0.2) is 88.9 Å². The van der Waals surface area contributed by atoms with Crippen molar-refractivity contribution >= 4 is 26.0 Å². The van der Waals surface area contributed by atoms with E-state index in [-0.39, 0.29) is 48.4 Å². The average molecular weight is 515 g/mol. The van der Waals surface area contributed by atoms with E-state index in [0.29, 0.717) is 5.56 Å². The van der Waals surface area contributed by atoms with Crippen molar-refractivity contribution in [3.63, 3.8) is 0 Å². The summed E-state index contributed by atoms with van der Waals surface area (Å²) in [6.45, 7) is 1.00. The van der Waals surface area contributed by atoms with Gasteiger partial charge in [-0.05, 0) is 42.0 Å². The number of nitrogens with zero attached hydrogens (tertiary/aromatic N) is 4. The van der Waals surface area contributed by atoms with Crippen LogP contribution in [0.1, 0.15) is 15.9 Å². The van der Waals surface area contributed by atoms with Gasteiger partial charge in [-0.25, -0.2) is 16.8 Å². The fourth-order valence-corrected chi connectivity index (χ4v) is 6.42. The minimum absolute atomic E-state index is 0.00852. The highest BCUT2D eigenvalue weighted by Crippen LogP contribution is 2.22. The quantitative estimate of drug-likeness (QED) is 0.478. The first kappa shape index (κ1) is 25.0. The molecular weight excluding hydrogens is 488 g/mol. The second-order valence-electron chi connectivity index (χ2n) is 8.16. The molecule has 35 heavy (non-hydrogen) atoms. The minimum atomic E-state index is -3.83. The normalized spacial score (nSPS) is 15.3. The molecule has 0 aliphatic carbocycles. The zero-order valence-electron chi connectivity index (χ0n) is 19.2. The molecule has 11 heteroatoms. The lowest BCUT2D eigenvalue weighted by molar-refractivity contribution is 0.0697. The Morgan fingerprint density at radius 2 is 1.49 bits per heavy atom. The number of hydrogen-bond acceptors (Lipinski definition) is 6. The fraction of sp³-hybridized carbons (Fsp3) is 0.250. The molecule has 0 radical (unpaired) electrons. The molecule has 2 heterocycles. The van der Waals surface area contributed by atoms with Crippen molar-refractivity contribution in [2.24, 2.45) is 0 Å². The number of piperazine rings is 1. The third-order valence-corrected chi connectivity index (χ3v) is 9.58. The van der Waals surface area contributed by atoms with Crippen molar-refractivity contribution in [3.05, 3.63) is 90.3 Å². The first-order valence-corrected chi connectivity index (χ1v) is 13.9. The molecule has 1 fully saturated rings. The van der Waals surface area contributed by atoms with Gasteiger partial charge in [0.05, 0.1) is 15.4 Å². The Morgan fingerprint density at radius 3 is 2.09 bits per heavy atom. The van der Waals surface area contributed by atoms with Gasteiger partial charge in [-0.3, -0.25) is 9.78 Å². The number of amides is 1. The summed E-state index contributed by atoms with van der Waals surface area (Å²) in [6.07, 6.45) is 3.07. The van der Waals surface area contributed by atoms with Gasteiger partial charge in [0.25, 0.3) is 5.91 Å². The van der Waals surface area contributed by atoms with Gasteiger partial charge in [0.15, 0.2) is 0 Å². The van der Waals surface area contributed by atoms with Crippen LogP contribution >= 0.6 is 0 Å². The Hall–Kier alpha value is -3.12. The molecule has 0 atom stereocenters. The van der Waals surface area contributed by atoms with Crippen molar-refractivity contribution in [2.45, 2.75) is 16.3 Å². The minimum Gasteiger partial charge on any atom is -0.336 e. The van der Waals surface area contributed by atoms with Crippen LogP contribution in [-0.2, 0) is 26.6 Å². The summed E-state index contributed by atoms with van der Waals surface area (Å²) in [7, 11) is -6.14. The molecule has 4 rings (SSSR count). The van der Waals surface area contributed by atoms with Crippen molar-refractivity contribution in [2.75, 3.05) is 33.2 Å². The van der Waals surface area contributed by atoms with Crippen LogP contribution in [0.4, 0.5) is 0 Å². The molecule has 1 aliphatic heterocycles. The van der Waals surface area contributed by atoms with E-state index in [4.69, 9.17) is 0 Å². The van der Waals surface area contributed by atoms with E-state index in [1.807, 2.05) is 30.3 Å². The number of rotatable bonds is 7. The van der Waals surface area contributed by atoms with Crippen LogP contribution in [0, 0.1) is 0 Å². The number of sulfonamides is 2. The molecule has 1 amide bonds. The molecule has 0 spiro atoms. The molecule has 0 saturated carbocycles. The zero-order chi connectivity index (χ0) is 25.1. The van der Waals surface area contributed by atoms with Crippen LogP contribution < -0.4 is 0 Å². The number of hydrogen-bond donors (Lipinski definition) is 0. The number of carbonyl (C=O) groups is 1. The highest BCUT2D eigenvalue weighted by molar-refractivity contribution is 7.89. The van der Waals surface area contributed by atoms with E-state index in [0.717, 1.165) is 5.56 Å². The van der Waals surface area contributed by atoms with Crippen molar-refractivity contribution in [1.29, 1.82) is 0 Å². The predicted molar refractivity (Wildman–Crippen MR) is 130 cm³/mol. The summed E-state index contributed by atoms with van der Waals surface area (Å²) in [6, 6.07) is 17.8. The van der Waals surface area contributed by atoms with E-state index in [9.17, 15) is 21.6 Å². The third kappa shape index (κ3) is 5.43. The summed E-state index contributed by atoms with van der Waals surface area (Å²) < 4.78 is 54.7. The average Bonchev–Trinajstić information content (AvgIpc) is 2.89. The monoisotopic (exact) mass is 514 g/mol. The molecular formula is C24H26N4O5S2. The lowest BCUT2D eigenvalue weighted by Gasteiger charge is -2.34. The van der Waals surface area contributed by atoms with Crippen molar-refractivity contribution < 1.29 is 21.6 Å². The van der Waals surface area contributed by atoms with Crippen LogP contribution in [0.2, 0.25) is 0 Å². The van der Waals surface area contributed by atoms with Gasteiger partial charge >= 0.3 is 0 Å². The lowest BCUT2D eigenvalue weighted by Crippen LogP contribution is -2.50. The van der Waals surface area contributed by atoms with Crippen molar-refractivity contribution in [3.8, 4) is 0 Å². The lowest BCUT2D eigenvalue weighted by atomic mass is 10.2. The topological polar surface area (TPSA) is 108 Å². The van der Waals surface area contributed by atoms with Gasteiger partial charge < -0.3 is 4.90 Å². The standard InChI is InChI=1S/C24H26N4O5S2/c1-26(19-20-6-3-2-4-7-20)34(30,31)22-9-11-23(12-10-22)35(32,33)28-16-14-27(15-17-28)24(29)21-8-5-13-25-18-21/h2-13,18H,14-17,19H2,1H3. The van der Waals surface area contributed by atoms with Gasteiger partial charge in [-0.2, -0.15) is 8.61 Å².